The lowest BCUT2D eigenvalue weighted by atomic mass is 10.1. The number of rotatable bonds is 4. The van der Waals surface area contributed by atoms with Crippen LogP contribution in [0.1, 0.15) is 25.7 Å². The first-order valence-electron chi connectivity index (χ1n) is 5.90. The summed E-state index contributed by atoms with van der Waals surface area (Å²) >= 11 is 0. The van der Waals surface area contributed by atoms with Crippen molar-refractivity contribution >= 4 is 11.5 Å². The minimum absolute atomic E-state index is 0.281. The van der Waals surface area contributed by atoms with Gasteiger partial charge in [0.15, 0.2) is 0 Å². The van der Waals surface area contributed by atoms with Gasteiger partial charge in [-0.3, -0.25) is 0 Å². The predicted octanol–water partition coefficient (Wildman–Crippen LogP) is 1.41. The van der Waals surface area contributed by atoms with Crippen LogP contribution in [0.15, 0.2) is 18.3 Å². The number of nitrogens with zero attached hydrogens (tertiary/aromatic N) is 2. The van der Waals surface area contributed by atoms with Crippen LogP contribution in [0.4, 0.5) is 11.5 Å². The molecule has 0 aromatic carbocycles. The number of aromatic nitrogens is 1. The molecule has 2 rings (SSSR count). The van der Waals surface area contributed by atoms with Gasteiger partial charge in [-0.05, 0) is 31.7 Å². The second-order valence-corrected chi connectivity index (χ2v) is 4.29. The maximum Gasteiger partial charge on any atom is 0.125 e. The number of nitrogens with two attached hydrogens (primary N) is 1. The highest BCUT2D eigenvalue weighted by atomic mass is 16.2. The Bertz CT molecular complexity index is 343. The van der Waals surface area contributed by atoms with Crippen molar-refractivity contribution in [2.45, 2.75) is 31.7 Å². The summed E-state index contributed by atoms with van der Waals surface area (Å²) in [5.41, 5.74) is 6.85. The topological polar surface area (TPSA) is 62.4 Å². The number of anilines is 2. The van der Waals surface area contributed by atoms with E-state index >= 15 is 0 Å². The molecule has 4 nitrogen and oxygen atoms in total. The molecule has 1 aromatic rings. The second-order valence-electron chi connectivity index (χ2n) is 4.29. The van der Waals surface area contributed by atoms with Crippen LogP contribution in [0.5, 0.6) is 0 Å². The maximum absolute atomic E-state index is 8.88. The number of pyridine rings is 1. The van der Waals surface area contributed by atoms with Crippen LogP contribution in [0.2, 0.25) is 0 Å². The molecule has 1 aliphatic rings. The first-order valence-corrected chi connectivity index (χ1v) is 5.90. The van der Waals surface area contributed by atoms with Crippen molar-refractivity contribution in [1.82, 2.24) is 4.98 Å². The molecule has 1 unspecified atom stereocenters. The van der Waals surface area contributed by atoms with Crippen molar-refractivity contribution in [2.24, 2.45) is 0 Å². The van der Waals surface area contributed by atoms with Gasteiger partial charge in [0.25, 0.3) is 0 Å². The van der Waals surface area contributed by atoms with Crippen molar-refractivity contribution in [3.63, 3.8) is 0 Å². The standard InChI is InChI=1S/C12H19N3O/c13-12-9-11(5-6-14-12)15-7-1-3-10(15)4-2-8-16/h5-6,9-10,16H,1-4,7-8H2,(H2,13,14). The molecule has 1 saturated heterocycles. The van der Waals surface area contributed by atoms with Gasteiger partial charge in [-0.1, -0.05) is 0 Å². The summed E-state index contributed by atoms with van der Waals surface area (Å²) in [5, 5.41) is 8.88. The van der Waals surface area contributed by atoms with E-state index < -0.39 is 0 Å². The number of aliphatic hydroxyl groups is 1. The van der Waals surface area contributed by atoms with E-state index in [-0.39, 0.29) is 6.61 Å². The average molecular weight is 221 g/mol. The van der Waals surface area contributed by atoms with Gasteiger partial charge in [0.1, 0.15) is 5.82 Å². The fraction of sp³-hybridized carbons (Fsp3) is 0.583. The summed E-state index contributed by atoms with van der Waals surface area (Å²) in [4.78, 5) is 6.39. The molecule has 0 saturated carbocycles. The summed E-state index contributed by atoms with van der Waals surface area (Å²) < 4.78 is 0. The molecule has 1 atom stereocenters. The van der Waals surface area contributed by atoms with Gasteiger partial charge in [0.2, 0.25) is 0 Å². The van der Waals surface area contributed by atoms with Gasteiger partial charge in [-0.25, -0.2) is 4.98 Å². The highest BCUT2D eigenvalue weighted by molar-refractivity contribution is 5.53. The van der Waals surface area contributed by atoms with E-state index in [0.717, 1.165) is 25.1 Å². The maximum atomic E-state index is 8.88. The van der Waals surface area contributed by atoms with E-state index in [2.05, 4.69) is 9.88 Å². The number of nitrogen functional groups attached to an aromatic ring is 1. The molecular weight excluding hydrogens is 202 g/mol. The Morgan fingerprint density at radius 1 is 1.56 bits per heavy atom. The molecule has 0 radical (unpaired) electrons. The van der Waals surface area contributed by atoms with Crippen molar-refractivity contribution in [3.8, 4) is 0 Å². The lowest BCUT2D eigenvalue weighted by molar-refractivity contribution is 0.279. The van der Waals surface area contributed by atoms with Gasteiger partial charge < -0.3 is 15.7 Å². The van der Waals surface area contributed by atoms with E-state index in [4.69, 9.17) is 10.8 Å². The van der Waals surface area contributed by atoms with Gasteiger partial charge in [-0.2, -0.15) is 0 Å². The van der Waals surface area contributed by atoms with Crippen molar-refractivity contribution < 1.29 is 5.11 Å². The summed E-state index contributed by atoms with van der Waals surface area (Å²) in [6, 6.07) is 4.49. The van der Waals surface area contributed by atoms with Gasteiger partial charge in [0, 0.05) is 37.1 Å². The third kappa shape index (κ3) is 2.44. The van der Waals surface area contributed by atoms with Crippen LogP contribution >= 0.6 is 0 Å². The summed E-state index contributed by atoms with van der Waals surface area (Å²) in [7, 11) is 0. The van der Waals surface area contributed by atoms with Gasteiger partial charge in [-0.15, -0.1) is 0 Å². The fourth-order valence-corrected chi connectivity index (χ4v) is 2.42. The summed E-state index contributed by atoms with van der Waals surface area (Å²) in [6.07, 6.45) is 6.12. The monoisotopic (exact) mass is 221 g/mol. The zero-order chi connectivity index (χ0) is 11.4. The van der Waals surface area contributed by atoms with E-state index in [1.807, 2.05) is 12.1 Å². The van der Waals surface area contributed by atoms with Crippen LogP contribution in [-0.4, -0.2) is 29.3 Å². The Morgan fingerprint density at radius 3 is 3.19 bits per heavy atom. The fourth-order valence-electron chi connectivity index (χ4n) is 2.42. The molecule has 3 N–H and O–H groups in total. The minimum Gasteiger partial charge on any atom is -0.396 e. The summed E-state index contributed by atoms with van der Waals surface area (Å²) in [6.45, 7) is 1.36. The molecule has 1 aromatic heterocycles. The number of aliphatic hydroxyl groups excluding tert-OH is 1. The molecule has 0 aliphatic carbocycles. The lowest BCUT2D eigenvalue weighted by Gasteiger charge is -2.26. The molecule has 0 bridgehead atoms. The first-order chi connectivity index (χ1) is 7.81. The molecule has 88 valence electrons. The van der Waals surface area contributed by atoms with E-state index in [1.54, 1.807) is 6.20 Å². The Balaban J connectivity index is 2.07. The second kappa shape index (κ2) is 5.16. The van der Waals surface area contributed by atoms with Crippen LogP contribution in [0, 0.1) is 0 Å². The van der Waals surface area contributed by atoms with E-state index in [1.165, 1.54) is 12.8 Å². The Labute approximate surface area is 96.1 Å². The summed E-state index contributed by atoms with van der Waals surface area (Å²) in [5.74, 6) is 0.574. The van der Waals surface area contributed by atoms with E-state index in [0.29, 0.717) is 11.9 Å². The average Bonchev–Trinajstić information content (AvgIpc) is 2.74. The minimum atomic E-state index is 0.281. The van der Waals surface area contributed by atoms with Crippen LogP contribution in [0.25, 0.3) is 0 Å². The third-order valence-electron chi connectivity index (χ3n) is 3.17. The first kappa shape index (κ1) is 11.2. The third-order valence-corrected chi connectivity index (χ3v) is 3.17. The smallest absolute Gasteiger partial charge is 0.125 e. The highest BCUT2D eigenvalue weighted by Crippen LogP contribution is 2.28. The molecule has 0 spiro atoms. The lowest BCUT2D eigenvalue weighted by Crippen LogP contribution is -2.29. The largest absolute Gasteiger partial charge is 0.396 e. The predicted molar refractivity (Wildman–Crippen MR) is 65.3 cm³/mol. The van der Waals surface area contributed by atoms with Crippen LogP contribution < -0.4 is 10.6 Å². The van der Waals surface area contributed by atoms with Crippen LogP contribution in [-0.2, 0) is 0 Å². The van der Waals surface area contributed by atoms with Crippen LogP contribution in [0.3, 0.4) is 0 Å². The molecule has 4 heteroatoms. The Hall–Kier alpha value is -1.29. The Kier molecular flexibility index (Phi) is 3.62. The zero-order valence-electron chi connectivity index (χ0n) is 9.47. The van der Waals surface area contributed by atoms with Gasteiger partial charge >= 0.3 is 0 Å². The molecule has 1 aliphatic heterocycles. The van der Waals surface area contributed by atoms with Crippen molar-refractivity contribution in [2.75, 3.05) is 23.8 Å². The Morgan fingerprint density at radius 2 is 2.44 bits per heavy atom. The van der Waals surface area contributed by atoms with E-state index in [9.17, 15) is 0 Å². The molecule has 2 heterocycles. The normalized spacial score (nSPS) is 20.3. The number of hydrogen-bond donors (Lipinski definition) is 2. The molecule has 0 amide bonds. The van der Waals surface area contributed by atoms with Crippen molar-refractivity contribution in [3.05, 3.63) is 18.3 Å². The molecule has 16 heavy (non-hydrogen) atoms. The zero-order valence-corrected chi connectivity index (χ0v) is 9.47. The van der Waals surface area contributed by atoms with Gasteiger partial charge in [0.05, 0.1) is 0 Å². The quantitative estimate of drug-likeness (QED) is 0.807. The number of hydrogen-bond acceptors (Lipinski definition) is 4. The SMILES string of the molecule is Nc1cc(N2CCCC2CCCO)ccn1. The highest BCUT2D eigenvalue weighted by Gasteiger charge is 2.24. The van der Waals surface area contributed by atoms with Crippen molar-refractivity contribution in [1.29, 1.82) is 0 Å². The molecular formula is C12H19N3O. The molecule has 1 fully saturated rings.